The van der Waals surface area contributed by atoms with Crippen molar-refractivity contribution in [1.29, 1.82) is 0 Å². The second-order valence-electron chi connectivity index (χ2n) is 5.72. The van der Waals surface area contributed by atoms with Crippen molar-refractivity contribution in [2.75, 3.05) is 32.8 Å². The number of hydrogen-bond acceptors (Lipinski definition) is 5. The number of benzene rings is 2. The molecule has 0 N–H and O–H groups in total. The van der Waals surface area contributed by atoms with E-state index in [9.17, 15) is 4.79 Å². The second-order valence-corrected chi connectivity index (χ2v) is 5.72. The van der Waals surface area contributed by atoms with Crippen molar-refractivity contribution in [2.24, 2.45) is 0 Å². The molecule has 0 radical (unpaired) electrons. The monoisotopic (exact) mass is 355 g/mol. The van der Waals surface area contributed by atoms with Crippen molar-refractivity contribution in [1.82, 2.24) is 0 Å². The number of ether oxygens (including phenoxy) is 4. The van der Waals surface area contributed by atoms with E-state index in [1.165, 1.54) is 21.3 Å². The predicted molar refractivity (Wildman–Crippen MR) is 99.2 cm³/mol. The number of nitrogens with zero attached hydrogens (tertiary/aromatic N) is 1. The van der Waals surface area contributed by atoms with E-state index in [0.717, 1.165) is 11.1 Å². The lowest BCUT2D eigenvalue weighted by molar-refractivity contribution is 0.179. The lowest BCUT2D eigenvalue weighted by Gasteiger charge is -2.24. The third-order valence-corrected chi connectivity index (χ3v) is 4.36. The van der Waals surface area contributed by atoms with Gasteiger partial charge in [0, 0.05) is 12.1 Å². The first-order valence-electron chi connectivity index (χ1n) is 8.11. The Hall–Kier alpha value is -3.15. The Kier molecular flexibility index (Phi) is 5.02. The van der Waals surface area contributed by atoms with Gasteiger partial charge in [-0.1, -0.05) is 36.9 Å². The fourth-order valence-corrected chi connectivity index (χ4v) is 3.01. The summed E-state index contributed by atoms with van der Waals surface area (Å²) >= 11 is 0. The molecule has 1 fully saturated rings. The molecule has 1 atom stereocenters. The minimum absolute atomic E-state index is 0.246. The van der Waals surface area contributed by atoms with Crippen LogP contribution in [0.15, 0.2) is 43.0 Å². The second kappa shape index (κ2) is 7.39. The molecule has 6 nitrogen and oxygen atoms in total. The molecule has 6 heteroatoms. The van der Waals surface area contributed by atoms with Crippen molar-refractivity contribution in [3.8, 4) is 17.2 Å². The van der Waals surface area contributed by atoms with Crippen LogP contribution in [0.5, 0.6) is 17.2 Å². The summed E-state index contributed by atoms with van der Waals surface area (Å²) in [5.41, 5.74) is 2.59. The summed E-state index contributed by atoms with van der Waals surface area (Å²) in [6.45, 7) is 4.03. The van der Waals surface area contributed by atoms with Gasteiger partial charge in [0.25, 0.3) is 0 Å². The Morgan fingerprint density at radius 3 is 2.19 bits per heavy atom. The summed E-state index contributed by atoms with van der Waals surface area (Å²) in [7, 11) is 4.61. The first-order valence-corrected chi connectivity index (χ1v) is 8.11. The normalized spacial score (nSPS) is 16.2. The Bertz CT molecular complexity index is 790. The van der Waals surface area contributed by atoms with Gasteiger partial charge in [-0.3, -0.25) is 4.90 Å². The van der Waals surface area contributed by atoms with Crippen LogP contribution in [0, 0.1) is 0 Å². The Balaban J connectivity index is 2.04. The van der Waals surface area contributed by atoms with E-state index in [2.05, 4.69) is 6.58 Å². The molecular formula is C20H21NO5. The molecule has 1 aliphatic rings. The molecule has 1 unspecified atom stereocenters. The SMILES string of the molecule is C=Cc1ccc(C2COC(=O)N2c2cc(OC)c(OC)c(OC)c2)cc1. The average Bonchev–Trinajstić information content (AvgIpc) is 3.08. The molecule has 3 rings (SSSR count). The van der Waals surface area contributed by atoms with Crippen molar-refractivity contribution in [2.45, 2.75) is 6.04 Å². The topological polar surface area (TPSA) is 57.2 Å². The van der Waals surface area contributed by atoms with E-state index < -0.39 is 6.09 Å². The Labute approximate surface area is 152 Å². The fraction of sp³-hybridized carbons (Fsp3) is 0.250. The third kappa shape index (κ3) is 3.06. The van der Waals surface area contributed by atoms with Crippen LogP contribution in [0.3, 0.4) is 0 Å². The molecule has 0 aliphatic carbocycles. The van der Waals surface area contributed by atoms with Crippen molar-refractivity contribution >= 4 is 17.9 Å². The molecule has 2 aromatic rings. The maximum Gasteiger partial charge on any atom is 0.415 e. The van der Waals surface area contributed by atoms with E-state index >= 15 is 0 Å². The van der Waals surface area contributed by atoms with Gasteiger partial charge in [0.2, 0.25) is 5.75 Å². The van der Waals surface area contributed by atoms with Crippen LogP contribution < -0.4 is 19.1 Å². The predicted octanol–water partition coefficient (Wildman–Crippen LogP) is 4.05. The summed E-state index contributed by atoms with van der Waals surface area (Å²) in [6, 6.07) is 11.1. The van der Waals surface area contributed by atoms with Crippen LogP contribution in [0.2, 0.25) is 0 Å². The van der Waals surface area contributed by atoms with Crippen molar-refractivity contribution in [3.63, 3.8) is 0 Å². The molecule has 136 valence electrons. The summed E-state index contributed by atoms with van der Waals surface area (Å²) in [6.07, 6.45) is 1.36. The summed E-state index contributed by atoms with van der Waals surface area (Å²) < 4.78 is 21.4. The van der Waals surface area contributed by atoms with Crippen LogP contribution in [0.1, 0.15) is 17.2 Å². The van der Waals surface area contributed by atoms with Gasteiger partial charge in [-0.15, -0.1) is 0 Å². The van der Waals surface area contributed by atoms with Gasteiger partial charge in [-0.25, -0.2) is 4.79 Å². The zero-order valence-corrected chi connectivity index (χ0v) is 15.0. The minimum atomic E-state index is -0.419. The molecule has 1 aliphatic heterocycles. The van der Waals surface area contributed by atoms with Gasteiger partial charge in [-0.05, 0) is 11.1 Å². The number of cyclic esters (lactones) is 1. The zero-order chi connectivity index (χ0) is 18.7. The highest BCUT2D eigenvalue weighted by atomic mass is 16.6. The van der Waals surface area contributed by atoms with E-state index in [4.69, 9.17) is 18.9 Å². The van der Waals surface area contributed by atoms with Gasteiger partial charge in [0.1, 0.15) is 6.61 Å². The fourth-order valence-electron chi connectivity index (χ4n) is 3.01. The largest absolute Gasteiger partial charge is 0.493 e. The highest BCUT2D eigenvalue weighted by molar-refractivity contribution is 5.91. The van der Waals surface area contributed by atoms with E-state index in [0.29, 0.717) is 22.9 Å². The number of anilines is 1. The molecule has 0 spiro atoms. The Morgan fingerprint density at radius 2 is 1.69 bits per heavy atom. The van der Waals surface area contributed by atoms with E-state index in [1.54, 1.807) is 23.1 Å². The highest BCUT2D eigenvalue weighted by Gasteiger charge is 2.36. The van der Waals surface area contributed by atoms with E-state index in [1.807, 2.05) is 24.3 Å². The number of rotatable bonds is 6. The van der Waals surface area contributed by atoms with Crippen LogP contribution in [-0.4, -0.2) is 34.0 Å². The number of hydrogen-bond donors (Lipinski definition) is 0. The highest BCUT2D eigenvalue weighted by Crippen LogP contribution is 2.44. The van der Waals surface area contributed by atoms with Crippen LogP contribution in [-0.2, 0) is 4.74 Å². The van der Waals surface area contributed by atoms with Gasteiger partial charge >= 0.3 is 6.09 Å². The molecular weight excluding hydrogens is 334 g/mol. The summed E-state index contributed by atoms with van der Waals surface area (Å²) in [5.74, 6) is 1.42. The third-order valence-electron chi connectivity index (χ3n) is 4.36. The van der Waals surface area contributed by atoms with E-state index in [-0.39, 0.29) is 12.6 Å². The number of carbonyl (C=O) groups is 1. The maximum atomic E-state index is 12.4. The van der Waals surface area contributed by atoms with Gasteiger partial charge in [-0.2, -0.15) is 0 Å². The average molecular weight is 355 g/mol. The van der Waals surface area contributed by atoms with Crippen LogP contribution in [0.4, 0.5) is 10.5 Å². The van der Waals surface area contributed by atoms with Crippen molar-refractivity contribution < 1.29 is 23.7 Å². The molecule has 1 saturated heterocycles. The Morgan fingerprint density at radius 1 is 1.08 bits per heavy atom. The quantitative estimate of drug-likeness (QED) is 0.782. The molecule has 0 aromatic heterocycles. The lowest BCUT2D eigenvalue weighted by atomic mass is 10.0. The maximum absolute atomic E-state index is 12.4. The number of carbonyl (C=O) groups excluding carboxylic acids is 1. The van der Waals surface area contributed by atoms with Gasteiger partial charge in [0.05, 0.1) is 33.1 Å². The molecule has 0 bridgehead atoms. The molecule has 0 saturated carbocycles. The number of methoxy groups -OCH3 is 3. The smallest absolute Gasteiger partial charge is 0.415 e. The van der Waals surface area contributed by atoms with Gasteiger partial charge < -0.3 is 18.9 Å². The van der Waals surface area contributed by atoms with Crippen LogP contribution in [0.25, 0.3) is 6.08 Å². The lowest BCUT2D eigenvalue weighted by Crippen LogP contribution is -2.27. The first kappa shape index (κ1) is 17.7. The minimum Gasteiger partial charge on any atom is -0.493 e. The first-order chi connectivity index (χ1) is 12.6. The molecule has 2 aromatic carbocycles. The molecule has 1 amide bonds. The van der Waals surface area contributed by atoms with Crippen LogP contribution >= 0.6 is 0 Å². The zero-order valence-electron chi connectivity index (χ0n) is 15.0. The summed E-state index contributed by atoms with van der Waals surface area (Å²) in [4.78, 5) is 14.0. The summed E-state index contributed by atoms with van der Waals surface area (Å²) in [5, 5.41) is 0. The molecule has 26 heavy (non-hydrogen) atoms. The van der Waals surface area contributed by atoms with Crippen molar-refractivity contribution in [3.05, 3.63) is 54.1 Å². The van der Waals surface area contributed by atoms with Gasteiger partial charge in [0.15, 0.2) is 11.5 Å². The standard InChI is InChI=1S/C20H21NO5/c1-5-13-6-8-14(9-7-13)16-12-26-20(22)21(16)15-10-17(23-2)19(25-4)18(11-15)24-3/h5-11,16H,1,12H2,2-4H3. The molecule has 1 heterocycles. The number of amides is 1.